The number of hydrogen-bond donors (Lipinski definition) is 2. The molecule has 1 aliphatic rings. The highest BCUT2D eigenvalue weighted by Crippen LogP contribution is 2.37. The maximum Gasteiger partial charge on any atom is 0.237 e. The van der Waals surface area contributed by atoms with Crippen LogP contribution in [0.15, 0.2) is 0 Å². The Morgan fingerprint density at radius 1 is 1.67 bits per heavy atom. The first-order valence-corrected chi connectivity index (χ1v) is 6.65. The molecule has 1 amide bonds. The van der Waals surface area contributed by atoms with E-state index in [9.17, 15) is 4.79 Å². The van der Waals surface area contributed by atoms with E-state index < -0.39 is 5.54 Å². The van der Waals surface area contributed by atoms with E-state index in [4.69, 9.17) is 5.73 Å². The van der Waals surface area contributed by atoms with Crippen LogP contribution in [-0.4, -0.2) is 29.5 Å². The van der Waals surface area contributed by atoms with Crippen molar-refractivity contribution in [2.45, 2.75) is 43.9 Å². The fourth-order valence-electron chi connectivity index (χ4n) is 2.05. The van der Waals surface area contributed by atoms with Gasteiger partial charge in [-0.25, -0.2) is 0 Å². The number of primary amides is 1. The Bertz CT molecular complexity index is 233. The van der Waals surface area contributed by atoms with Crippen LogP contribution < -0.4 is 11.1 Å². The molecule has 4 heteroatoms. The number of nitrogens with two attached hydrogens (primary N) is 1. The van der Waals surface area contributed by atoms with Crippen molar-refractivity contribution in [3.63, 3.8) is 0 Å². The van der Waals surface area contributed by atoms with Crippen molar-refractivity contribution < 1.29 is 4.79 Å². The third kappa shape index (κ3) is 3.11. The standard InChI is InChI=1S/C11H22N2OS/c1-8(2)7-15-9-4-5-11(6-9,13-3)10(12)14/h8-9,13H,4-7H2,1-3H3,(H2,12,14). The van der Waals surface area contributed by atoms with E-state index in [2.05, 4.69) is 19.2 Å². The summed E-state index contributed by atoms with van der Waals surface area (Å²) in [7, 11) is 1.83. The maximum absolute atomic E-state index is 11.4. The summed E-state index contributed by atoms with van der Waals surface area (Å²) in [6.45, 7) is 4.45. The monoisotopic (exact) mass is 230 g/mol. The second-order valence-corrected chi connectivity index (χ2v) is 6.12. The minimum Gasteiger partial charge on any atom is -0.368 e. The molecule has 0 spiro atoms. The quantitative estimate of drug-likeness (QED) is 0.750. The van der Waals surface area contributed by atoms with Gasteiger partial charge in [-0.2, -0.15) is 11.8 Å². The van der Waals surface area contributed by atoms with E-state index in [1.54, 1.807) is 0 Å². The predicted molar refractivity (Wildman–Crippen MR) is 65.9 cm³/mol. The zero-order valence-electron chi connectivity index (χ0n) is 9.88. The third-order valence-electron chi connectivity index (χ3n) is 3.08. The van der Waals surface area contributed by atoms with Crippen molar-refractivity contribution >= 4 is 17.7 Å². The van der Waals surface area contributed by atoms with E-state index in [1.807, 2.05) is 18.8 Å². The number of carbonyl (C=O) groups excluding carboxylic acids is 1. The van der Waals surface area contributed by atoms with E-state index in [-0.39, 0.29) is 5.91 Å². The van der Waals surface area contributed by atoms with Gasteiger partial charge in [-0.1, -0.05) is 13.8 Å². The maximum atomic E-state index is 11.4. The van der Waals surface area contributed by atoms with Gasteiger partial charge in [0.25, 0.3) is 0 Å². The molecule has 0 heterocycles. The predicted octanol–water partition coefficient (Wildman–Crippen LogP) is 1.37. The summed E-state index contributed by atoms with van der Waals surface area (Å²) in [4.78, 5) is 11.4. The van der Waals surface area contributed by atoms with Gasteiger partial charge in [0, 0.05) is 5.25 Å². The first-order chi connectivity index (χ1) is 7.00. The van der Waals surface area contributed by atoms with Crippen LogP contribution >= 0.6 is 11.8 Å². The summed E-state index contributed by atoms with van der Waals surface area (Å²) in [5.74, 6) is 1.69. The lowest BCUT2D eigenvalue weighted by Gasteiger charge is -2.24. The molecule has 3 nitrogen and oxygen atoms in total. The fourth-order valence-corrected chi connectivity index (χ4v) is 3.39. The largest absolute Gasteiger partial charge is 0.368 e. The number of likely N-dealkylation sites (N-methyl/N-ethyl adjacent to an activating group) is 1. The van der Waals surface area contributed by atoms with Gasteiger partial charge < -0.3 is 11.1 Å². The van der Waals surface area contributed by atoms with Gasteiger partial charge in [-0.15, -0.1) is 0 Å². The lowest BCUT2D eigenvalue weighted by Crippen LogP contribution is -2.52. The van der Waals surface area contributed by atoms with Crippen LogP contribution in [0.25, 0.3) is 0 Å². The van der Waals surface area contributed by atoms with Crippen molar-refractivity contribution in [1.29, 1.82) is 0 Å². The van der Waals surface area contributed by atoms with Crippen LogP contribution in [0.1, 0.15) is 33.1 Å². The van der Waals surface area contributed by atoms with Crippen molar-refractivity contribution in [2.75, 3.05) is 12.8 Å². The molecule has 0 radical (unpaired) electrons. The summed E-state index contributed by atoms with van der Waals surface area (Å²) in [5.41, 5.74) is 5.01. The Labute approximate surface area is 96.6 Å². The van der Waals surface area contributed by atoms with Crippen molar-refractivity contribution in [1.82, 2.24) is 5.32 Å². The SMILES string of the molecule is CNC1(C(N)=O)CCC(SCC(C)C)C1. The van der Waals surface area contributed by atoms with E-state index >= 15 is 0 Å². The molecule has 0 aromatic heterocycles. The molecule has 1 saturated carbocycles. The van der Waals surface area contributed by atoms with Gasteiger partial charge in [0.2, 0.25) is 5.91 Å². The van der Waals surface area contributed by atoms with Gasteiger partial charge in [0.15, 0.2) is 0 Å². The Hall–Kier alpha value is -0.220. The average molecular weight is 230 g/mol. The van der Waals surface area contributed by atoms with Crippen LogP contribution in [-0.2, 0) is 4.79 Å². The Kier molecular flexibility index (Phi) is 4.46. The lowest BCUT2D eigenvalue weighted by molar-refractivity contribution is -0.124. The highest BCUT2D eigenvalue weighted by molar-refractivity contribution is 7.99. The molecular formula is C11H22N2OS. The van der Waals surface area contributed by atoms with Crippen molar-refractivity contribution in [2.24, 2.45) is 11.7 Å². The highest BCUT2D eigenvalue weighted by Gasteiger charge is 2.42. The van der Waals surface area contributed by atoms with Gasteiger partial charge in [-0.3, -0.25) is 4.79 Å². The fraction of sp³-hybridized carbons (Fsp3) is 0.909. The zero-order chi connectivity index (χ0) is 11.5. The van der Waals surface area contributed by atoms with Gasteiger partial charge in [-0.05, 0) is 38.0 Å². The first kappa shape index (κ1) is 12.8. The summed E-state index contributed by atoms with van der Waals surface area (Å²) < 4.78 is 0. The molecular weight excluding hydrogens is 208 g/mol. The molecule has 3 N–H and O–H groups in total. The number of nitrogens with one attached hydrogen (secondary N) is 1. The molecule has 0 bridgehead atoms. The van der Waals surface area contributed by atoms with Crippen LogP contribution in [0.3, 0.4) is 0 Å². The van der Waals surface area contributed by atoms with E-state index in [0.29, 0.717) is 11.2 Å². The average Bonchev–Trinajstić information content (AvgIpc) is 2.59. The molecule has 0 aromatic rings. The summed E-state index contributed by atoms with van der Waals surface area (Å²) >= 11 is 1.98. The van der Waals surface area contributed by atoms with Gasteiger partial charge in [0.05, 0.1) is 5.54 Å². The summed E-state index contributed by atoms with van der Waals surface area (Å²) in [5, 5.41) is 3.70. The molecule has 1 rings (SSSR count). The number of amides is 1. The molecule has 2 unspecified atom stereocenters. The topological polar surface area (TPSA) is 55.1 Å². The zero-order valence-corrected chi connectivity index (χ0v) is 10.7. The Balaban J connectivity index is 2.46. The smallest absolute Gasteiger partial charge is 0.237 e. The molecule has 1 fully saturated rings. The van der Waals surface area contributed by atoms with Crippen LogP contribution in [0.5, 0.6) is 0 Å². The lowest BCUT2D eigenvalue weighted by atomic mass is 9.97. The van der Waals surface area contributed by atoms with Gasteiger partial charge >= 0.3 is 0 Å². The number of thioether (sulfide) groups is 1. The van der Waals surface area contributed by atoms with Crippen LogP contribution in [0, 0.1) is 5.92 Å². The second-order valence-electron chi connectivity index (χ2n) is 4.79. The van der Waals surface area contributed by atoms with Crippen molar-refractivity contribution in [3.8, 4) is 0 Å². The number of rotatable bonds is 5. The minimum atomic E-state index is -0.436. The van der Waals surface area contributed by atoms with Crippen LogP contribution in [0.2, 0.25) is 0 Å². The number of hydrogen-bond acceptors (Lipinski definition) is 3. The normalized spacial score (nSPS) is 31.1. The first-order valence-electron chi connectivity index (χ1n) is 5.60. The Morgan fingerprint density at radius 3 is 2.73 bits per heavy atom. The molecule has 0 aromatic carbocycles. The summed E-state index contributed by atoms with van der Waals surface area (Å²) in [6.07, 6.45) is 2.87. The summed E-state index contributed by atoms with van der Waals surface area (Å²) in [6, 6.07) is 0. The third-order valence-corrected chi connectivity index (χ3v) is 4.82. The molecule has 2 atom stereocenters. The molecule has 15 heavy (non-hydrogen) atoms. The molecule has 88 valence electrons. The van der Waals surface area contributed by atoms with Gasteiger partial charge in [0.1, 0.15) is 0 Å². The number of carbonyl (C=O) groups is 1. The highest BCUT2D eigenvalue weighted by atomic mass is 32.2. The second kappa shape index (κ2) is 5.21. The van der Waals surface area contributed by atoms with E-state index in [0.717, 1.165) is 19.3 Å². The Morgan fingerprint density at radius 2 is 2.33 bits per heavy atom. The molecule has 0 aliphatic heterocycles. The molecule has 1 aliphatic carbocycles. The van der Waals surface area contributed by atoms with Crippen molar-refractivity contribution in [3.05, 3.63) is 0 Å². The van der Waals surface area contributed by atoms with E-state index in [1.165, 1.54) is 5.75 Å². The minimum absolute atomic E-state index is 0.197. The van der Waals surface area contributed by atoms with Crippen LogP contribution in [0.4, 0.5) is 0 Å². The molecule has 0 saturated heterocycles.